The van der Waals surface area contributed by atoms with Crippen molar-refractivity contribution in [2.75, 3.05) is 5.32 Å². The first-order valence-corrected chi connectivity index (χ1v) is 13.0. The summed E-state index contributed by atoms with van der Waals surface area (Å²) < 4.78 is 20.3. The summed E-state index contributed by atoms with van der Waals surface area (Å²) in [6, 6.07) is 21.7. The van der Waals surface area contributed by atoms with E-state index in [1.807, 2.05) is 61.7 Å². The molecule has 5 nitrogen and oxygen atoms in total. The fourth-order valence-corrected chi connectivity index (χ4v) is 5.77. The number of anilines is 1. The van der Waals surface area contributed by atoms with Crippen LogP contribution in [0.5, 0.6) is 11.6 Å². The Morgan fingerprint density at radius 1 is 0.973 bits per heavy atom. The summed E-state index contributed by atoms with van der Waals surface area (Å²) in [7, 11) is 0. The lowest BCUT2D eigenvalue weighted by Gasteiger charge is -2.37. The minimum Gasteiger partial charge on any atom is -0.438 e. The van der Waals surface area contributed by atoms with Crippen LogP contribution in [0.4, 0.5) is 9.52 Å². The number of nitrogens with one attached hydrogen (secondary N) is 1. The lowest BCUT2D eigenvalue weighted by atomic mass is 9.70. The molecule has 6 rings (SSSR count). The lowest BCUT2D eigenvalue weighted by Crippen LogP contribution is -2.38. The predicted molar refractivity (Wildman–Crippen MR) is 145 cm³/mol. The van der Waals surface area contributed by atoms with Gasteiger partial charge in [-0.15, -0.1) is 11.3 Å². The second-order valence-corrected chi connectivity index (χ2v) is 10.7. The zero-order chi connectivity index (χ0) is 25.7. The number of benzene rings is 3. The van der Waals surface area contributed by atoms with Gasteiger partial charge in [0.1, 0.15) is 16.7 Å². The Bertz CT molecular complexity index is 1680. The third-order valence-electron chi connectivity index (χ3n) is 6.78. The number of aromatic nitrogens is 2. The summed E-state index contributed by atoms with van der Waals surface area (Å²) in [5.74, 6) is 0.252. The maximum absolute atomic E-state index is 14.3. The van der Waals surface area contributed by atoms with Crippen LogP contribution < -0.4 is 10.1 Å². The number of carbonyl (C=O) groups excluding carboxylic acids is 1. The Hall–Kier alpha value is -3.81. The molecule has 3 heterocycles. The molecule has 1 aliphatic heterocycles. The molecule has 184 valence electrons. The number of halogens is 2. The van der Waals surface area contributed by atoms with Gasteiger partial charge in [0, 0.05) is 33.4 Å². The van der Waals surface area contributed by atoms with Gasteiger partial charge in [-0.3, -0.25) is 4.79 Å². The molecule has 3 aromatic carbocycles. The lowest BCUT2D eigenvalue weighted by molar-refractivity contribution is -0.124. The van der Waals surface area contributed by atoms with Crippen molar-refractivity contribution in [3.63, 3.8) is 0 Å². The van der Waals surface area contributed by atoms with Crippen molar-refractivity contribution < 1.29 is 13.9 Å². The van der Waals surface area contributed by atoms with Gasteiger partial charge in [-0.2, -0.15) is 0 Å². The van der Waals surface area contributed by atoms with E-state index in [1.165, 1.54) is 17.4 Å². The molecule has 0 aliphatic carbocycles. The van der Waals surface area contributed by atoms with Crippen LogP contribution >= 0.6 is 22.9 Å². The molecule has 0 radical (unpaired) electrons. The molecule has 0 saturated carbocycles. The van der Waals surface area contributed by atoms with Crippen LogP contribution in [-0.2, 0) is 4.79 Å². The zero-order valence-electron chi connectivity index (χ0n) is 20.0. The molecule has 0 fully saturated rings. The van der Waals surface area contributed by atoms with Crippen molar-refractivity contribution in [3.05, 3.63) is 100 Å². The second kappa shape index (κ2) is 8.94. The van der Waals surface area contributed by atoms with Gasteiger partial charge in [-0.25, -0.2) is 14.4 Å². The molecule has 1 amide bonds. The summed E-state index contributed by atoms with van der Waals surface area (Å²) in [5, 5.41) is 6.97. The number of ether oxygens (including phenoxy) is 1. The smallest absolute Gasteiger partial charge is 0.232 e. The number of pyridine rings is 1. The number of carbonyl (C=O) groups is 1. The molecule has 1 aliphatic rings. The van der Waals surface area contributed by atoms with Gasteiger partial charge in [0.15, 0.2) is 5.13 Å². The van der Waals surface area contributed by atoms with E-state index in [1.54, 1.807) is 24.3 Å². The van der Waals surface area contributed by atoms with Crippen molar-refractivity contribution in [1.29, 1.82) is 0 Å². The van der Waals surface area contributed by atoms with Gasteiger partial charge in [0.05, 0.1) is 11.1 Å². The first kappa shape index (κ1) is 23.6. The highest BCUT2D eigenvalue weighted by molar-refractivity contribution is 7.14. The second-order valence-electron chi connectivity index (χ2n) is 9.46. The standard InChI is InChI=1S/C29H21ClFN3O2S/c1-29(2,25-19-9-5-6-10-23(19)36-26-20(25)12-14-24(30)33-26)27(35)34-28-32-22(15-37-28)18-11-13-21(31)17-8-4-3-7-16(17)18/h3-15,25H,1-2H3,(H,32,34,35). The highest BCUT2D eigenvalue weighted by atomic mass is 35.5. The number of hydrogen-bond donors (Lipinski definition) is 1. The summed E-state index contributed by atoms with van der Waals surface area (Å²) in [6.07, 6.45) is 0. The minimum absolute atomic E-state index is 0.194. The number of amides is 1. The molecule has 0 bridgehead atoms. The minimum atomic E-state index is -0.890. The molecular weight excluding hydrogens is 509 g/mol. The van der Waals surface area contributed by atoms with Crippen LogP contribution in [0.1, 0.15) is 30.9 Å². The predicted octanol–water partition coefficient (Wildman–Crippen LogP) is 8.05. The van der Waals surface area contributed by atoms with Crippen LogP contribution in [0.2, 0.25) is 5.15 Å². The number of thiazole rings is 1. The van der Waals surface area contributed by atoms with Gasteiger partial charge in [0.2, 0.25) is 11.8 Å². The highest BCUT2D eigenvalue weighted by Gasteiger charge is 2.44. The maximum Gasteiger partial charge on any atom is 0.232 e. The molecule has 0 saturated heterocycles. The number of fused-ring (bicyclic) bond motifs is 3. The van der Waals surface area contributed by atoms with Gasteiger partial charge in [0.25, 0.3) is 0 Å². The van der Waals surface area contributed by atoms with Crippen molar-refractivity contribution >= 4 is 44.7 Å². The molecule has 37 heavy (non-hydrogen) atoms. The van der Waals surface area contributed by atoms with E-state index >= 15 is 0 Å². The number of nitrogens with zero attached hydrogens (tertiary/aromatic N) is 2. The zero-order valence-corrected chi connectivity index (χ0v) is 21.5. The molecule has 1 atom stereocenters. The van der Waals surface area contributed by atoms with E-state index in [9.17, 15) is 9.18 Å². The topological polar surface area (TPSA) is 64.1 Å². The fourth-order valence-electron chi connectivity index (χ4n) is 4.92. The summed E-state index contributed by atoms with van der Waals surface area (Å²) in [5.41, 5.74) is 2.29. The van der Waals surface area contributed by atoms with Gasteiger partial charge in [-0.1, -0.05) is 67.9 Å². The highest BCUT2D eigenvalue weighted by Crippen LogP contribution is 2.51. The molecule has 5 aromatic rings. The third-order valence-corrected chi connectivity index (χ3v) is 7.75. The summed E-state index contributed by atoms with van der Waals surface area (Å²) >= 11 is 7.47. The van der Waals surface area contributed by atoms with Crippen molar-refractivity contribution in [2.45, 2.75) is 19.8 Å². The van der Waals surface area contributed by atoms with Gasteiger partial charge >= 0.3 is 0 Å². The Labute approximate surface area is 221 Å². The van der Waals surface area contributed by atoms with Crippen molar-refractivity contribution in [1.82, 2.24) is 9.97 Å². The van der Waals surface area contributed by atoms with E-state index in [4.69, 9.17) is 16.3 Å². The number of hydrogen-bond acceptors (Lipinski definition) is 5. The largest absolute Gasteiger partial charge is 0.438 e. The van der Waals surface area contributed by atoms with Crippen LogP contribution in [0.3, 0.4) is 0 Å². The van der Waals surface area contributed by atoms with Crippen LogP contribution in [0.15, 0.2) is 78.2 Å². The average Bonchev–Trinajstić information content (AvgIpc) is 3.35. The monoisotopic (exact) mass is 529 g/mol. The van der Waals surface area contributed by atoms with E-state index < -0.39 is 5.41 Å². The van der Waals surface area contributed by atoms with E-state index in [2.05, 4.69) is 15.3 Å². The Kier molecular flexibility index (Phi) is 5.70. The third kappa shape index (κ3) is 4.04. The molecule has 1 unspecified atom stereocenters. The Morgan fingerprint density at radius 3 is 2.57 bits per heavy atom. The van der Waals surface area contributed by atoms with Crippen molar-refractivity contribution in [3.8, 4) is 22.9 Å². The number of rotatable bonds is 4. The normalized spacial score (nSPS) is 14.5. The summed E-state index contributed by atoms with van der Waals surface area (Å²) in [6.45, 7) is 3.80. The fraction of sp³-hybridized carbons (Fsp3) is 0.138. The van der Waals surface area contributed by atoms with Crippen LogP contribution in [0, 0.1) is 11.2 Å². The quantitative estimate of drug-likeness (QED) is 0.239. The van der Waals surface area contributed by atoms with Crippen LogP contribution in [-0.4, -0.2) is 15.9 Å². The molecule has 0 spiro atoms. The SMILES string of the molecule is CC(C)(C(=O)Nc1nc(-c2ccc(F)c3ccccc23)cs1)C1c2ccccc2Oc2nc(Cl)ccc21. The molecule has 8 heteroatoms. The van der Waals surface area contributed by atoms with E-state index in [-0.39, 0.29) is 17.6 Å². The molecule has 2 aromatic heterocycles. The Balaban J connectivity index is 1.34. The maximum atomic E-state index is 14.3. The Morgan fingerprint density at radius 2 is 1.73 bits per heavy atom. The van der Waals surface area contributed by atoms with Crippen molar-refractivity contribution in [2.24, 2.45) is 5.41 Å². The van der Waals surface area contributed by atoms with Crippen LogP contribution in [0.25, 0.3) is 22.0 Å². The first-order valence-electron chi connectivity index (χ1n) is 11.7. The van der Waals surface area contributed by atoms with E-state index in [0.717, 1.165) is 22.1 Å². The van der Waals surface area contributed by atoms with E-state index in [0.29, 0.717) is 33.0 Å². The molecule has 1 N–H and O–H groups in total. The number of para-hydroxylation sites is 1. The first-order chi connectivity index (χ1) is 17.8. The average molecular weight is 530 g/mol. The van der Waals surface area contributed by atoms with Gasteiger partial charge in [-0.05, 0) is 35.7 Å². The van der Waals surface area contributed by atoms with Gasteiger partial charge < -0.3 is 10.1 Å². The molecular formula is C29H21ClFN3O2S. The summed E-state index contributed by atoms with van der Waals surface area (Å²) in [4.78, 5) is 22.8.